The number of hydrogen-bond acceptors (Lipinski definition) is 3. The first-order valence-electron chi connectivity index (χ1n) is 8.72. The van der Waals surface area contributed by atoms with E-state index in [9.17, 15) is 4.79 Å². The van der Waals surface area contributed by atoms with Crippen molar-refractivity contribution in [1.29, 1.82) is 0 Å². The molecule has 1 aliphatic heterocycles. The molecule has 1 saturated carbocycles. The molecule has 1 aromatic heterocycles. The second kappa shape index (κ2) is 6.82. The second-order valence-corrected chi connectivity index (χ2v) is 6.85. The van der Waals surface area contributed by atoms with Gasteiger partial charge in [-0.1, -0.05) is 6.92 Å². The van der Waals surface area contributed by atoms with Crippen molar-refractivity contribution in [2.24, 2.45) is 13.0 Å². The van der Waals surface area contributed by atoms with Gasteiger partial charge in [-0.25, -0.2) is 0 Å². The van der Waals surface area contributed by atoms with Gasteiger partial charge < -0.3 is 10.2 Å². The van der Waals surface area contributed by atoms with Crippen LogP contribution in [0.1, 0.15) is 61.1 Å². The quantitative estimate of drug-likeness (QED) is 0.876. The molecule has 1 saturated heterocycles. The number of hydrogen-bond donors (Lipinski definition) is 1. The molecular formula is C17H28N4O. The summed E-state index contributed by atoms with van der Waals surface area (Å²) in [4.78, 5) is 14.9. The van der Waals surface area contributed by atoms with Gasteiger partial charge in [0.05, 0.1) is 5.69 Å². The first kappa shape index (κ1) is 15.5. The van der Waals surface area contributed by atoms with Gasteiger partial charge >= 0.3 is 0 Å². The molecule has 0 radical (unpaired) electrons. The monoisotopic (exact) mass is 304 g/mol. The van der Waals surface area contributed by atoms with E-state index in [1.165, 1.54) is 51.7 Å². The molecule has 0 spiro atoms. The molecule has 0 atom stereocenters. The molecule has 22 heavy (non-hydrogen) atoms. The zero-order chi connectivity index (χ0) is 15.5. The van der Waals surface area contributed by atoms with Gasteiger partial charge in [-0.15, -0.1) is 0 Å². The number of aryl methyl sites for hydroxylation is 1. The third-order valence-corrected chi connectivity index (χ3v) is 4.93. The molecule has 2 aliphatic rings. The lowest BCUT2D eigenvalue weighted by molar-refractivity contribution is 0.0927. The smallest absolute Gasteiger partial charge is 0.269 e. The van der Waals surface area contributed by atoms with Crippen LogP contribution in [0.15, 0.2) is 6.07 Å². The standard InChI is InChI=1S/C17H28N4O/c1-3-8-21-9-6-13(7-10-21)12-18-17(22)16-11-15(14-4-5-14)19-20(16)2/h11,13-14H,3-10,12H2,1-2H3,(H,18,22). The number of nitrogens with one attached hydrogen (secondary N) is 1. The molecule has 122 valence electrons. The van der Waals surface area contributed by atoms with Gasteiger partial charge in [0.2, 0.25) is 0 Å². The third kappa shape index (κ3) is 3.69. The van der Waals surface area contributed by atoms with Crippen LogP contribution in [-0.4, -0.2) is 46.8 Å². The molecule has 2 heterocycles. The Morgan fingerprint density at radius 3 is 2.68 bits per heavy atom. The SMILES string of the molecule is CCCN1CCC(CNC(=O)c2cc(C3CC3)nn2C)CC1. The predicted octanol–water partition coefficient (Wildman–Crippen LogP) is 2.15. The summed E-state index contributed by atoms with van der Waals surface area (Å²) < 4.78 is 1.73. The molecule has 3 rings (SSSR count). The molecule has 1 aliphatic carbocycles. The molecule has 1 aromatic rings. The van der Waals surface area contributed by atoms with E-state index in [0.29, 0.717) is 17.5 Å². The van der Waals surface area contributed by atoms with Crippen molar-refractivity contribution in [2.45, 2.75) is 44.9 Å². The van der Waals surface area contributed by atoms with E-state index in [0.717, 1.165) is 12.2 Å². The molecule has 1 N–H and O–H groups in total. The second-order valence-electron chi connectivity index (χ2n) is 6.85. The summed E-state index contributed by atoms with van der Waals surface area (Å²) in [5.41, 5.74) is 1.78. The van der Waals surface area contributed by atoms with E-state index in [-0.39, 0.29) is 5.91 Å². The lowest BCUT2D eigenvalue weighted by Gasteiger charge is -2.31. The number of nitrogens with zero attached hydrogens (tertiary/aromatic N) is 3. The van der Waals surface area contributed by atoms with Gasteiger partial charge in [0.1, 0.15) is 5.69 Å². The van der Waals surface area contributed by atoms with Crippen molar-refractivity contribution in [3.63, 3.8) is 0 Å². The molecule has 2 fully saturated rings. The van der Waals surface area contributed by atoms with Crippen LogP contribution in [0.2, 0.25) is 0 Å². The average Bonchev–Trinajstić information content (AvgIpc) is 3.29. The van der Waals surface area contributed by atoms with E-state index >= 15 is 0 Å². The van der Waals surface area contributed by atoms with Crippen LogP contribution < -0.4 is 5.32 Å². The number of piperidine rings is 1. The normalized spacial score (nSPS) is 20.3. The van der Waals surface area contributed by atoms with Gasteiger partial charge in [0.15, 0.2) is 0 Å². The Kier molecular flexibility index (Phi) is 4.81. The first-order chi connectivity index (χ1) is 10.7. The van der Waals surface area contributed by atoms with Crippen molar-refractivity contribution in [2.75, 3.05) is 26.2 Å². The maximum absolute atomic E-state index is 12.3. The average molecular weight is 304 g/mol. The van der Waals surface area contributed by atoms with Crippen LogP contribution in [0.5, 0.6) is 0 Å². The fourth-order valence-electron chi connectivity index (χ4n) is 3.34. The van der Waals surface area contributed by atoms with Crippen LogP contribution in [-0.2, 0) is 7.05 Å². The van der Waals surface area contributed by atoms with Crippen LogP contribution in [0.3, 0.4) is 0 Å². The molecule has 5 heteroatoms. The summed E-state index contributed by atoms with van der Waals surface area (Å²) in [7, 11) is 1.87. The van der Waals surface area contributed by atoms with E-state index in [4.69, 9.17) is 0 Å². The number of amides is 1. The van der Waals surface area contributed by atoms with E-state index in [1.807, 2.05) is 13.1 Å². The van der Waals surface area contributed by atoms with E-state index in [1.54, 1.807) is 4.68 Å². The van der Waals surface area contributed by atoms with Gasteiger partial charge in [-0.3, -0.25) is 9.48 Å². The third-order valence-electron chi connectivity index (χ3n) is 4.93. The maximum Gasteiger partial charge on any atom is 0.269 e. The van der Waals surface area contributed by atoms with Crippen molar-refractivity contribution in [3.8, 4) is 0 Å². The Morgan fingerprint density at radius 1 is 1.32 bits per heavy atom. The van der Waals surface area contributed by atoms with Crippen LogP contribution in [0.25, 0.3) is 0 Å². The summed E-state index contributed by atoms with van der Waals surface area (Å²) in [6.45, 7) is 6.58. The predicted molar refractivity (Wildman–Crippen MR) is 87.0 cm³/mol. The first-order valence-corrected chi connectivity index (χ1v) is 8.72. The highest BCUT2D eigenvalue weighted by Crippen LogP contribution is 2.39. The van der Waals surface area contributed by atoms with Gasteiger partial charge in [0, 0.05) is 19.5 Å². The fraction of sp³-hybridized carbons (Fsp3) is 0.765. The Morgan fingerprint density at radius 2 is 2.05 bits per heavy atom. The summed E-state index contributed by atoms with van der Waals surface area (Å²) >= 11 is 0. The molecule has 1 amide bonds. The van der Waals surface area contributed by atoms with Crippen LogP contribution in [0.4, 0.5) is 0 Å². The number of carbonyl (C=O) groups excluding carboxylic acids is 1. The zero-order valence-corrected chi connectivity index (χ0v) is 13.8. The minimum Gasteiger partial charge on any atom is -0.350 e. The number of rotatable bonds is 6. The topological polar surface area (TPSA) is 50.2 Å². The van der Waals surface area contributed by atoms with E-state index < -0.39 is 0 Å². The molecule has 0 unspecified atom stereocenters. The van der Waals surface area contributed by atoms with Crippen molar-refractivity contribution < 1.29 is 4.79 Å². The minimum atomic E-state index is 0.0258. The number of aromatic nitrogens is 2. The Bertz CT molecular complexity index is 513. The van der Waals surface area contributed by atoms with Crippen molar-refractivity contribution in [1.82, 2.24) is 20.0 Å². The summed E-state index contributed by atoms with van der Waals surface area (Å²) in [5, 5.41) is 7.58. The van der Waals surface area contributed by atoms with Crippen LogP contribution >= 0.6 is 0 Å². The Balaban J connectivity index is 1.46. The van der Waals surface area contributed by atoms with Gasteiger partial charge in [-0.2, -0.15) is 5.10 Å². The van der Waals surface area contributed by atoms with Gasteiger partial charge in [-0.05, 0) is 63.7 Å². The summed E-state index contributed by atoms with van der Waals surface area (Å²) in [6.07, 6.45) is 6.05. The largest absolute Gasteiger partial charge is 0.350 e. The summed E-state index contributed by atoms with van der Waals surface area (Å²) in [6, 6.07) is 1.97. The van der Waals surface area contributed by atoms with Crippen molar-refractivity contribution in [3.05, 3.63) is 17.5 Å². The zero-order valence-electron chi connectivity index (χ0n) is 13.8. The number of likely N-dealkylation sites (tertiary alicyclic amines) is 1. The molecule has 0 bridgehead atoms. The maximum atomic E-state index is 12.3. The fourth-order valence-corrected chi connectivity index (χ4v) is 3.34. The number of carbonyl (C=O) groups is 1. The highest BCUT2D eigenvalue weighted by Gasteiger charge is 2.28. The van der Waals surface area contributed by atoms with Crippen molar-refractivity contribution >= 4 is 5.91 Å². The Hall–Kier alpha value is -1.36. The molecular weight excluding hydrogens is 276 g/mol. The highest BCUT2D eigenvalue weighted by molar-refractivity contribution is 5.92. The molecule has 0 aromatic carbocycles. The summed E-state index contributed by atoms with van der Waals surface area (Å²) in [5.74, 6) is 1.24. The van der Waals surface area contributed by atoms with Gasteiger partial charge in [0.25, 0.3) is 5.91 Å². The minimum absolute atomic E-state index is 0.0258. The molecule has 5 nitrogen and oxygen atoms in total. The van der Waals surface area contributed by atoms with Crippen LogP contribution in [0, 0.1) is 5.92 Å². The lowest BCUT2D eigenvalue weighted by Crippen LogP contribution is -2.39. The van der Waals surface area contributed by atoms with E-state index in [2.05, 4.69) is 22.2 Å². The highest BCUT2D eigenvalue weighted by atomic mass is 16.2. The Labute approximate surface area is 133 Å². The lowest BCUT2D eigenvalue weighted by atomic mass is 9.96.